The van der Waals surface area contributed by atoms with E-state index in [1.807, 2.05) is 49.3 Å². The van der Waals surface area contributed by atoms with Gasteiger partial charge in [-0.2, -0.15) is 0 Å². The summed E-state index contributed by atoms with van der Waals surface area (Å²) < 4.78 is 23.4. The van der Waals surface area contributed by atoms with Gasteiger partial charge in [0.2, 0.25) is 0 Å². The van der Waals surface area contributed by atoms with Crippen molar-refractivity contribution in [1.82, 2.24) is 4.90 Å². The number of benzene rings is 1. The van der Waals surface area contributed by atoms with E-state index in [4.69, 9.17) is 0 Å². The zero-order valence-corrected chi connectivity index (χ0v) is 10.7. The van der Waals surface area contributed by atoms with Crippen LogP contribution in [0.4, 0.5) is 0 Å². The zero-order valence-electron chi connectivity index (χ0n) is 9.84. The summed E-state index contributed by atoms with van der Waals surface area (Å²) in [7, 11) is 0.983. The topological polar surface area (TPSA) is 37.4 Å². The molecule has 2 atom stereocenters. The zero-order chi connectivity index (χ0) is 12.0. The molecule has 0 radical (unpaired) electrons. The minimum Gasteiger partial charge on any atom is -0.298 e. The molecule has 2 rings (SSSR count). The SMILES string of the molecule is C[C@@H]1[C@](c2ccccc2)(N(C)C)CS1(=O)=O. The molecule has 0 aliphatic carbocycles. The van der Waals surface area contributed by atoms with Crippen molar-refractivity contribution in [2.75, 3.05) is 19.8 Å². The Morgan fingerprint density at radius 2 is 1.81 bits per heavy atom. The molecule has 16 heavy (non-hydrogen) atoms. The molecule has 1 fully saturated rings. The van der Waals surface area contributed by atoms with Crippen LogP contribution in [-0.4, -0.2) is 38.4 Å². The van der Waals surface area contributed by atoms with Crippen LogP contribution in [0.3, 0.4) is 0 Å². The van der Waals surface area contributed by atoms with Crippen LogP contribution in [0, 0.1) is 0 Å². The maximum atomic E-state index is 11.7. The van der Waals surface area contributed by atoms with Gasteiger partial charge in [-0.15, -0.1) is 0 Å². The molecule has 88 valence electrons. The van der Waals surface area contributed by atoms with Crippen molar-refractivity contribution in [2.45, 2.75) is 17.7 Å². The smallest absolute Gasteiger partial charge is 0.157 e. The highest BCUT2D eigenvalue weighted by Crippen LogP contribution is 2.44. The summed E-state index contributed by atoms with van der Waals surface area (Å²) >= 11 is 0. The molecule has 0 saturated carbocycles. The van der Waals surface area contributed by atoms with Crippen LogP contribution in [0.25, 0.3) is 0 Å². The highest BCUT2D eigenvalue weighted by atomic mass is 32.2. The summed E-state index contributed by atoms with van der Waals surface area (Å²) in [6.07, 6.45) is 0. The Kier molecular flexibility index (Phi) is 2.59. The van der Waals surface area contributed by atoms with Crippen molar-refractivity contribution in [3.05, 3.63) is 35.9 Å². The van der Waals surface area contributed by atoms with Gasteiger partial charge in [0.15, 0.2) is 9.84 Å². The van der Waals surface area contributed by atoms with Gasteiger partial charge in [-0.25, -0.2) is 8.42 Å². The fraction of sp³-hybridized carbons (Fsp3) is 0.500. The van der Waals surface area contributed by atoms with Crippen LogP contribution in [0.1, 0.15) is 12.5 Å². The predicted molar refractivity (Wildman–Crippen MR) is 65.1 cm³/mol. The van der Waals surface area contributed by atoms with Crippen LogP contribution < -0.4 is 0 Å². The molecule has 1 saturated heterocycles. The van der Waals surface area contributed by atoms with Crippen molar-refractivity contribution in [3.63, 3.8) is 0 Å². The lowest BCUT2D eigenvalue weighted by Crippen LogP contribution is -2.66. The van der Waals surface area contributed by atoms with Crippen LogP contribution in [0.2, 0.25) is 0 Å². The molecule has 0 bridgehead atoms. The van der Waals surface area contributed by atoms with E-state index in [0.29, 0.717) is 0 Å². The highest BCUT2D eigenvalue weighted by molar-refractivity contribution is 7.93. The molecule has 1 aliphatic rings. The third-order valence-electron chi connectivity index (χ3n) is 3.70. The summed E-state index contributed by atoms with van der Waals surface area (Å²) in [6, 6.07) is 9.87. The van der Waals surface area contributed by atoms with Gasteiger partial charge in [-0.05, 0) is 26.6 Å². The molecule has 0 N–H and O–H groups in total. The van der Waals surface area contributed by atoms with Crippen LogP contribution in [-0.2, 0) is 15.4 Å². The second-order valence-electron chi connectivity index (χ2n) is 4.63. The maximum Gasteiger partial charge on any atom is 0.157 e. The number of hydrogen-bond donors (Lipinski definition) is 0. The van der Waals surface area contributed by atoms with E-state index in [1.165, 1.54) is 0 Å². The molecule has 0 aromatic heterocycles. The normalized spacial score (nSPS) is 32.4. The van der Waals surface area contributed by atoms with E-state index >= 15 is 0 Å². The standard InChI is InChI=1S/C12H17NO2S/c1-10-12(13(2)3,9-16(10,14)15)11-7-5-4-6-8-11/h4-8,10H,9H2,1-3H3/t10-,12-/m1/s1. The molecular weight excluding hydrogens is 222 g/mol. The van der Waals surface area contributed by atoms with Crippen LogP contribution in [0.5, 0.6) is 0 Å². The molecule has 0 unspecified atom stereocenters. The van der Waals surface area contributed by atoms with Crippen molar-refractivity contribution in [1.29, 1.82) is 0 Å². The van der Waals surface area contributed by atoms with Gasteiger partial charge in [0.1, 0.15) is 0 Å². The fourth-order valence-corrected chi connectivity index (χ4v) is 4.81. The lowest BCUT2D eigenvalue weighted by atomic mass is 9.86. The van der Waals surface area contributed by atoms with Crippen molar-refractivity contribution in [2.24, 2.45) is 0 Å². The number of nitrogens with zero attached hydrogens (tertiary/aromatic N) is 1. The average Bonchev–Trinajstić information content (AvgIpc) is 2.26. The second kappa shape index (κ2) is 3.57. The fourth-order valence-electron chi connectivity index (χ4n) is 2.54. The first-order valence-corrected chi connectivity index (χ1v) is 7.07. The Labute approximate surface area is 97.0 Å². The summed E-state index contributed by atoms with van der Waals surface area (Å²) in [6.45, 7) is 1.80. The van der Waals surface area contributed by atoms with E-state index in [1.54, 1.807) is 6.92 Å². The van der Waals surface area contributed by atoms with Gasteiger partial charge in [0, 0.05) is 0 Å². The summed E-state index contributed by atoms with van der Waals surface area (Å²) in [4.78, 5) is 2.02. The van der Waals surface area contributed by atoms with E-state index in [2.05, 4.69) is 0 Å². The van der Waals surface area contributed by atoms with Crippen molar-refractivity contribution < 1.29 is 8.42 Å². The average molecular weight is 239 g/mol. The molecule has 1 heterocycles. The first-order valence-electron chi connectivity index (χ1n) is 5.36. The Bertz CT molecular complexity index is 481. The lowest BCUT2D eigenvalue weighted by Gasteiger charge is -2.51. The van der Waals surface area contributed by atoms with E-state index in [-0.39, 0.29) is 16.5 Å². The Hall–Kier alpha value is -0.870. The minimum atomic E-state index is -2.90. The van der Waals surface area contributed by atoms with E-state index < -0.39 is 9.84 Å². The Balaban J connectivity index is 2.49. The summed E-state index contributed by atoms with van der Waals surface area (Å²) in [5.74, 6) is 0.220. The van der Waals surface area contributed by atoms with E-state index in [9.17, 15) is 8.42 Å². The lowest BCUT2D eigenvalue weighted by molar-refractivity contribution is 0.151. The van der Waals surface area contributed by atoms with Crippen LogP contribution in [0.15, 0.2) is 30.3 Å². The molecule has 4 heteroatoms. The first-order chi connectivity index (χ1) is 7.41. The third-order valence-corrected chi connectivity index (χ3v) is 6.01. The van der Waals surface area contributed by atoms with Gasteiger partial charge in [0.25, 0.3) is 0 Å². The minimum absolute atomic E-state index is 0.220. The van der Waals surface area contributed by atoms with E-state index in [0.717, 1.165) is 5.56 Å². The highest BCUT2D eigenvalue weighted by Gasteiger charge is 2.58. The molecule has 3 nitrogen and oxygen atoms in total. The first kappa shape index (κ1) is 11.6. The van der Waals surface area contributed by atoms with Crippen molar-refractivity contribution in [3.8, 4) is 0 Å². The van der Waals surface area contributed by atoms with Gasteiger partial charge in [-0.3, -0.25) is 4.90 Å². The summed E-state index contributed by atoms with van der Waals surface area (Å²) in [5.41, 5.74) is 0.738. The molecule has 0 spiro atoms. The Morgan fingerprint density at radius 1 is 1.25 bits per heavy atom. The molecule has 1 aliphatic heterocycles. The van der Waals surface area contributed by atoms with Gasteiger partial charge in [0.05, 0.1) is 16.5 Å². The van der Waals surface area contributed by atoms with Crippen LogP contribution >= 0.6 is 0 Å². The molecular formula is C12H17NO2S. The number of rotatable bonds is 2. The Morgan fingerprint density at radius 3 is 2.19 bits per heavy atom. The summed E-state index contributed by atoms with van der Waals surface area (Å²) in [5, 5.41) is -0.336. The quantitative estimate of drug-likeness (QED) is 0.779. The largest absolute Gasteiger partial charge is 0.298 e. The van der Waals surface area contributed by atoms with Gasteiger partial charge in [-0.1, -0.05) is 30.3 Å². The van der Waals surface area contributed by atoms with Crippen molar-refractivity contribution >= 4 is 9.84 Å². The molecule has 0 amide bonds. The predicted octanol–water partition coefficient (Wildman–Crippen LogP) is 1.26. The number of sulfone groups is 1. The monoisotopic (exact) mass is 239 g/mol. The van der Waals surface area contributed by atoms with Gasteiger partial charge < -0.3 is 0 Å². The maximum absolute atomic E-state index is 11.7. The van der Waals surface area contributed by atoms with Gasteiger partial charge >= 0.3 is 0 Å². The molecule has 1 aromatic carbocycles. The third kappa shape index (κ3) is 1.40. The second-order valence-corrected chi connectivity index (χ2v) is 6.96. The molecule has 1 aromatic rings. The number of hydrogen-bond acceptors (Lipinski definition) is 3.